The lowest BCUT2D eigenvalue weighted by atomic mass is 10.2. The highest BCUT2D eigenvalue weighted by Crippen LogP contribution is 3.02. The molecule has 232 valence electrons. The Morgan fingerprint density at radius 2 is 1.64 bits per heavy atom. The van der Waals surface area contributed by atoms with Crippen LogP contribution in [-0.4, -0.2) is 62.9 Å². The van der Waals surface area contributed by atoms with Crippen LogP contribution in [0.15, 0.2) is 44.6 Å². The molecular weight excluding hydrogens is 655 g/mol. The van der Waals surface area contributed by atoms with Crippen LogP contribution in [0.3, 0.4) is 0 Å². The van der Waals surface area contributed by atoms with E-state index in [4.69, 9.17) is 4.74 Å². The van der Waals surface area contributed by atoms with Crippen molar-refractivity contribution in [3.8, 4) is 0 Å². The topological polar surface area (TPSA) is 101 Å². The normalized spacial score (nSPS) is 16.2. The second-order valence-corrected chi connectivity index (χ2v) is 14.0. The van der Waals surface area contributed by atoms with E-state index in [1.807, 2.05) is 4.90 Å². The molecule has 0 aliphatic carbocycles. The number of piperazine rings is 1. The highest BCUT2D eigenvalue weighted by Gasteiger charge is 2.65. The maximum absolute atomic E-state index is 13.6. The Kier molecular flexibility index (Phi) is 7.63. The predicted octanol–water partition coefficient (Wildman–Crippen LogP) is 6.17. The van der Waals surface area contributed by atoms with E-state index in [2.05, 4.69) is 26.3 Å². The molecule has 2 amide bonds. The molecule has 1 saturated heterocycles. The minimum atomic E-state index is -9.85. The fourth-order valence-electron chi connectivity index (χ4n) is 4.61. The number of hydrogen-bond acceptors (Lipinski definition) is 6. The molecule has 42 heavy (non-hydrogen) atoms. The number of nitrogens with one attached hydrogen (secondary N) is 1. The maximum Gasteiger partial charge on any atom is 0.410 e. The molecule has 0 atom stereocenters. The number of fused-ring (bicyclic) bond motifs is 1. The molecule has 0 spiro atoms. The van der Waals surface area contributed by atoms with Crippen LogP contribution in [0.5, 0.6) is 0 Å². The Morgan fingerprint density at radius 3 is 2.17 bits per heavy atom. The molecule has 1 aliphatic rings. The Bertz CT molecular complexity index is 1600. The lowest BCUT2D eigenvalue weighted by Gasteiger charge is -2.40. The molecule has 3 heterocycles. The van der Waals surface area contributed by atoms with Crippen molar-refractivity contribution < 1.29 is 33.8 Å². The fourth-order valence-corrected chi connectivity index (χ4v) is 5.62. The van der Waals surface area contributed by atoms with Crippen LogP contribution in [0.2, 0.25) is 0 Å². The molecule has 1 fully saturated rings. The second-order valence-electron chi connectivity index (χ2n) is 10.8. The molecule has 10 nitrogen and oxygen atoms in total. The number of benzene rings is 1. The van der Waals surface area contributed by atoms with E-state index in [1.165, 1.54) is 0 Å². The zero-order chi connectivity index (χ0) is 31.3. The van der Waals surface area contributed by atoms with Gasteiger partial charge in [0.2, 0.25) is 5.91 Å². The third-order valence-corrected chi connectivity index (χ3v) is 7.95. The third-order valence-electron chi connectivity index (χ3n) is 6.40. The minimum absolute atomic E-state index is 0.117. The van der Waals surface area contributed by atoms with Gasteiger partial charge in [0, 0.05) is 43.6 Å². The molecule has 0 radical (unpaired) electrons. The first-order valence-electron chi connectivity index (χ1n) is 12.8. The number of nitrogens with zero attached hydrogens (tertiary/aromatic N) is 5. The average molecular weight is 686 g/mol. The highest BCUT2D eigenvalue weighted by atomic mass is 79.9. The van der Waals surface area contributed by atoms with E-state index >= 15 is 0 Å². The van der Waals surface area contributed by atoms with Crippen LogP contribution in [0.25, 0.3) is 5.65 Å². The third kappa shape index (κ3) is 6.99. The van der Waals surface area contributed by atoms with Crippen LogP contribution < -0.4 is 15.8 Å². The van der Waals surface area contributed by atoms with Crippen molar-refractivity contribution in [2.75, 3.05) is 36.4 Å². The second kappa shape index (κ2) is 10.1. The zero-order valence-electron chi connectivity index (χ0n) is 23.2. The summed E-state index contributed by atoms with van der Waals surface area (Å²) in [5.41, 5.74) is -0.139. The standard InChI is InChI=1S/C25H30BrF5N6O4S/c1-5-18-22(34-10-12-35(13-11-34)24(40)41-25(2,3)4)23(39)37-21(14-19(26)33-37)36(18)15-20(38)32-16-6-8-17(9-7-16)42(27,28,29,30)31/h6-9,14H,5,10-13,15H2,1-4H3,(H,32,38). The van der Waals surface area contributed by atoms with Gasteiger partial charge in [-0.2, -0.15) is 9.61 Å². The van der Waals surface area contributed by atoms with Gasteiger partial charge in [-0.25, -0.2) is 4.79 Å². The van der Waals surface area contributed by atoms with Gasteiger partial charge in [-0.3, -0.25) is 9.59 Å². The summed E-state index contributed by atoms with van der Waals surface area (Å²) in [6, 6.07) is 3.47. The lowest BCUT2D eigenvalue weighted by Crippen LogP contribution is -2.51. The largest absolute Gasteiger partial charge is 0.444 e. The number of rotatable bonds is 6. The number of carbonyl (C=O) groups excluding carboxylic acids is 2. The maximum atomic E-state index is 13.6. The van der Waals surface area contributed by atoms with E-state index in [0.717, 1.165) is 16.6 Å². The number of aromatic nitrogens is 3. The summed E-state index contributed by atoms with van der Waals surface area (Å²) in [5.74, 6) is -0.673. The van der Waals surface area contributed by atoms with Gasteiger partial charge >= 0.3 is 16.3 Å². The first-order valence-corrected chi connectivity index (χ1v) is 15.6. The summed E-state index contributed by atoms with van der Waals surface area (Å²) in [7, 11) is -9.85. The number of halogens is 6. The smallest absolute Gasteiger partial charge is 0.410 e. The Labute approximate surface area is 246 Å². The molecule has 17 heteroatoms. The van der Waals surface area contributed by atoms with E-state index in [-0.39, 0.29) is 48.8 Å². The summed E-state index contributed by atoms with van der Waals surface area (Å²) < 4.78 is 73.7. The van der Waals surface area contributed by atoms with Crippen LogP contribution in [-0.2, 0) is 22.5 Å². The van der Waals surface area contributed by atoms with Crippen LogP contribution in [0.1, 0.15) is 33.4 Å². The Balaban J connectivity index is 1.62. The Hall–Kier alpha value is -3.34. The zero-order valence-corrected chi connectivity index (χ0v) is 25.6. The number of hydrogen-bond donors (Lipinski definition) is 1. The number of ether oxygens (including phenoxy) is 1. The molecule has 0 bridgehead atoms. The fraction of sp³-hybridized carbons (Fsp3) is 0.440. The van der Waals surface area contributed by atoms with Gasteiger partial charge in [-0.1, -0.05) is 26.4 Å². The molecular formula is C25H30BrF5N6O4S. The van der Waals surface area contributed by atoms with Crippen molar-refractivity contribution >= 4 is 55.2 Å². The SMILES string of the molecule is CCc1c(N2CCN(C(=O)OC(C)(C)C)CC2)c(=O)n2nc(Br)cc2n1CC(=O)Nc1ccc(S(F)(F)(F)(F)F)cc1. The summed E-state index contributed by atoms with van der Waals surface area (Å²) in [6.45, 7) is 7.91. The van der Waals surface area contributed by atoms with Gasteiger partial charge in [-0.15, -0.1) is 0 Å². The van der Waals surface area contributed by atoms with Crippen LogP contribution in [0, 0.1) is 0 Å². The number of anilines is 2. The van der Waals surface area contributed by atoms with Crippen molar-refractivity contribution in [1.29, 1.82) is 0 Å². The first kappa shape index (κ1) is 31.6. The molecule has 4 rings (SSSR count). The summed E-state index contributed by atoms with van der Waals surface area (Å²) in [5, 5.41) is 6.62. The van der Waals surface area contributed by atoms with Gasteiger partial charge in [0.25, 0.3) is 5.56 Å². The first-order chi connectivity index (χ1) is 19.2. The lowest BCUT2D eigenvalue weighted by molar-refractivity contribution is -0.116. The van der Waals surface area contributed by atoms with Crippen molar-refractivity contribution in [3.63, 3.8) is 0 Å². The van der Waals surface area contributed by atoms with Gasteiger partial charge < -0.3 is 24.4 Å². The average Bonchev–Trinajstić information content (AvgIpc) is 3.25. The van der Waals surface area contributed by atoms with Gasteiger partial charge in [-0.05, 0) is 67.4 Å². The van der Waals surface area contributed by atoms with E-state index < -0.39 is 38.3 Å². The quantitative estimate of drug-likeness (QED) is 0.312. The predicted molar refractivity (Wildman–Crippen MR) is 153 cm³/mol. The minimum Gasteiger partial charge on any atom is -0.444 e. The summed E-state index contributed by atoms with van der Waals surface area (Å²) >= 11 is 3.25. The van der Waals surface area contributed by atoms with Crippen molar-refractivity contribution in [1.82, 2.24) is 19.1 Å². The van der Waals surface area contributed by atoms with Gasteiger partial charge in [0.15, 0.2) is 0 Å². The summed E-state index contributed by atoms with van der Waals surface area (Å²) in [4.78, 5) is 40.4. The summed E-state index contributed by atoms with van der Waals surface area (Å²) in [6.07, 6.45) is -0.144. The number of amides is 2. The molecule has 1 aromatic carbocycles. The molecule has 3 aromatic rings. The van der Waals surface area contributed by atoms with Crippen LogP contribution >= 0.6 is 26.2 Å². The van der Waals surface area contributed by atoms with Gasteiger partial charge in [0.05, 0.1) is 0 Å². The molecule has 1 N–H and O–H groups in total. The van der Waals surface area contributed by atoms with Crippen molar-refractivity contribution in [3.05, 3.63) is 51.0 Å². The Morgan fingerprint density at radius 1 is 1.05 bits per heavy atom. The van der Waals surface area contributed by atoms with Crippen LogP contribution in [0.4, 0.5) is 35.6 Å². The molecule has 2 aromatic heterocycles. The monoisotopic (exact) mass is 684 g/mol. The van der Waals surface area contributed by atoms with Gasteiger partial charge in [0.1, 0.15) is 33.0 Å². The molecule has 0 saturated carbocycles. The van der Waals surface area contributed by atoms with E-state index in [9.17, 15) is 33.8 Å². The van der Waals surface area contributed by atoms with Crippen molar-refractivity contribution in [2.24, 2.45) is 0 Å². The molecule has 1 aliphatic heterocycles. The van der Waals surface area contributed by atoms with E-state index in [1.54, 1.807) is 43.2 Å². The number of carbonyl (C=O) groups is 2. The van der Waals surface area contributed by atoms with E-state index in [0.29, 0.717) is 29.8 Å². The molecule has 0 unspecified atom stereocenters. The van der Waals surface area contributed by atoms with Crippen molar-refractivity contribution in [2.45, 2.75) is 51.2 Å². The highest BCUT2D eigenvalue weighted by molar-refractivity contribution is 9.10.